The van der Waals surface area contributed by atoms with Crippen LogP contribution in [-0.4, -0.2) is 32.1 Å². The van der Waals surface area contributed by atoms with Crippen LogP contribution in [0.4, 0.5) is 5.69 Å². The van der Waals surface area contributed by atoms with E-state index in [0.29, 0.717) is 18.7 Å². The van der Waals surface area contributed by atoms with Gasteiger partial charge in [0.05, 0.1) is 10.5 Å². The number of rotatable bonds is 7. The van der Waals surface area contributed by atoms with Gasteiger partial charge < -0.3 is 10.4 Å². The molecule has 0 saturated heterocycles. The van der Waals surface area contributed by atoms with Crippen molar-refractivity contribution in [3.8, 4) is 0 Å². The van der Waals surface area contributed by atoms with Crippen LogP contribution in [0.3, 0.4) is 0 Å². The van der Waals surface area contributed by atoms with Gasteiger partial charge in [-0.05, 0) is 37.5 Å². The standard InChI is InChI=1S/C15H22N2O4S/c1-2-9-16-22(20,21)12-7-8-14(13(10-12)15(18)19)17-11-5-3-4-6-11/h7-8,10-11,16-17H,2-6,9H2,1H3,(H,18,19). The van der Waals surface area contributed by atoms with E-state index in [2.05, 4.69) is 10.0 Å². The summed E-state index contributed by atoms with van der Waals surface area (Å²) in [6.45, 7) is 2.19. The number of aromatic carboxylic acids is 1. The lowest BCUT2D eigenvalue weighted by Crippen LogP contribution is -2.25. The average molecular weight is 326 g/mol. The van der Waals surface area contributed by atoms with Crippen molar-refractivity contribution in [2.24, 2.45) is 0 Å². The van der Waals surface area contributed by atoms with Crippen molar-refractivity contribution in [3.63, 3.8) is 0 Å². The monoisotopic (exact) mass is 326 g/mol. The quantitative estimate of drug-likeness (QED) is 0.715. The Hall–Kier alpha value is -1.60. The van der Waals surface area contributed by atoms with E-state index in [4.69, 9.17) is 0 Å². The van der Waals surface area contributed by atoms with Gasteiger partial charge in [0.15, 0.2) is 0 Å². The summed E-state index contributed by atoms with van der Waals surface area (Å²) in [6, 6.07) is 4.47. The minimum absolute atomic E-state index is 0.00808. The summed E-state index contributed by atoms with van der Waals surface area (Å²) in [6.07, 6.45) is 4.96. The van der Waals surface area contributed by atoms with Crippen molar-refractivity contribution < 1.29 is 18.3 Å². The SMILES string of the molecule is CCCNS(=O)(=O)c1ccc(NC2CCCC2)c(C(=O)O)c1. The Balaban J connectivity index is 2.28. The Morgan fingerprint density at radius 1 is 1.32 bits per heavy atom. The van der Waals surface area contributed by atoms with Gasteiger partial charge in [0.25, 0.3) is 0 Å². The van der Waals surface area contributed by atoms with Gasteiger partial charge in [-0.2, -0.15) is 0 Å². The van der Waals surface area contributed by atoms with Crippen LogP contribution in [0.15, 0.2) is 23.1 Å². The number of sulfonamides is 1. The van der Waals surface area contributed by atoms with Crippen molar-refractivity contribution in [3.05, 3.63) is 23.8 Å². The van der Waals surface area contributed by atoms with E-state index in [1.807, 2.05) is 6.92 Å². The number of carboxylic acid groups (broad SMARTS) is 1. The Kier molecular flexibility index (Phi) is 5.42. The number of carboxylic acids is 1. The fraction of sp³-hybridized carbons (Fsp3) is 0.533. The number of hydrogen-bond acceptors (Lipinski definition) is 4. The van der Waals surface area contributed by atoms with Gasteiger partial charge in [-0.15, -0.1) is 0 Å². The van der Waals surface area contributed by atoms with E-state index >= 15 is 0 Å². The molecule has 1 aliphatic carbocycles. The Labute approximate surface area is 131 Å². The van der Waals surface area contributed by atoms with Crippen LogP contribution in [0.2, 0.25) is 0 Å². The van der Waals surface area contributed by atoms with Crippen molar-refractivity contribution in [2.75, 3.05) is 11.9 Å². The predicted octanol–water partition coefficient (Wildman–Crippen LogP) is 2.43. The maximum absolute atomic E-state index is 12.1. The fourth-order valence-electron chi connectivity index (χ4n) is 2.60. The number of nitrogens with one attached hydrogen (secondary N) is 2. The summed E-state index contributed by atoms with van der Waals surface area (Å²) in [5, 5.41) is 12.6. The number of hydrogen-bond donors (Lipinski definition) is 3. The molecule has 22 heavy (non-hydrogen) atoms. The molecule has 0 atom stereocenters. The van der Waals surface area contributed by atoms with Gasteiger partial charge >= 0.3 is 5.97 Å². The molecule has 0 aliphatic heterocycles. The molecule has 0 unspecified atom stereocenters. The summed E-state index contributed by atoms with van der Waals surface area (Å²) in [5.74, 6) is -1.13. The second-order valence-electron chi connectivity index (χ2n) is 5.54. The Morgan fingerprint density at radius 3 is 2.59 bits per heavy atom. The zero-order valence-electron chi connectivity index (χ0n) is 12.6. The second kappa shape index (κ2) is 7.11. The predicted molar refractivity (Wildman–Crippen MR) is 84.8 cm³/mol. The molecule has 0 radical (unpaired) electrons. The van der Waals surface area contributed by atoms with Crippen LogP contribution in [0.1, 0.15) is 49.4 Å². The van der Waals surface area contributed by atoms with Crippen molar-refractivity contribution >= 4 is 21.7 Å². The topological polar surface area (TPSA) is 95.5 Å². The second-order valence-corrected chi connectivity index (χ2v) is 7.30. The van der Waals surface area contributed by atoms with Crippen molar-refractivity contribution in [1.29, 1.82) is 0 Å². The zero-order chi connectivity index (χ0) is 16.2. The molecule has 0 aromatic heterocycles. The third kappa shape index (κ3) is 3.98. The van der Waals surface area contributed by atoms with Gasteiger partial charge in [-0.1, -0.05) is 19.8 Å². The molecule has 0 heterocycles. The molecule has 2 rings (SSSR count). The van der Waals surface area contributed by atoms with Crippen LogP contribution in [0.5, 0.6) is 0 Å². The van der Waals surface area contributed by atoms with E-state index < -0.39 is 16.0 Å². The van der Waals surface area contributed by atoms with Gasteiger partial charge in [-0.25, -0.2) is 17.9 Å². The molecule has 1 aromatic carbocycles. The van der Waals surface area contributed by atoms with Crippen LogP contribution in [0.25, 0.3) is 0 Å². The lowest BCUT2D eigenvalue weighted by atomic mass is 10.1. The van der Waals surface area contributed by atoms with E-state index in [9.17, 15) is 18.3 Å². The third-order valence-electron chi connectivity index (χ3n) is 3.79. The van der Waals surface area contributed by atoms with Crippen molar-refractivity contribution in [2.45, 2.75) is 50.0 Å². The maximum atomic E-state index is 12.1. The molecular formula is C15H22N2O4S. The first-order valence-electron chi connectivity index (χ1n) is 7.57. The van der Waals surface area contributed by atoms with Gasteiger partial charge in [0.2, 0.25) is 10.0 Å². The van der Waals surface area contributed by atoms with Gasteiger partial charge in [-0.3, -0.25) is 0 Å². The minimum atomic E-state index is -3.66. The molecular weight excluding hydrogens is 304 g/mol. The molecule has 3 N–H and O–H groups in total. The van der Waals surface area contributed by atoms with E-state index in [0.717, 1.165) is 25.7 Å². The molecule has 1 aliphatic rings. The lowest BCUT2D eigenvalue weighted by Gasteiger charge is -2.16. The van der Waals surface area contributed by atoms with E-state index in [1.54, 1.807) is 6.07 Å². The number of anilines is 1. The minimum Gasteiger partial charge on any atom is -0.478 e. The average Bonchev–Trinajstić information content (AvgIpc) is 2.98. The molecule has 1 aromatic rings. The number of benzene rings is 1. The molecule has 122 valence electrons. The van der Waals surface area contributed by atoms with Crippen LogP contribution in [-0.2, 0) is 10.0 Å². The van der Waals surface area contributed by atoms with Gasteiger partial charge in [0, 0.05) is 18.3 Å². The highest BCUT2D eigenvalue weighted by Gasteiger charge is 2.21. The normalized spacial score (nSPS) is 15.9. The third-order valence-corrected chi connectivity index (χ3v) is 5.25. The smallest absolute Gasteiger partial charge is 0.337 e. The number of carbonyl (C=O) groups is 1. The molecule has 6 nitrogen and oxygen atoms in total. The zero-order valence-corrected chi connectivity index (χ0v) is 13.4. The fourth-order valence-corrected chi connectivity index (χ4v) is 3.76. The highest BCUT2D eigenvalue weighted by Crippen LogP contribution is 2.26. The first kappa shape index (κ1) is 16.8. The van der Waals surface area contributed by atoms with Crippen molar-refractivity contribution in [1.82, 2.24) is 4.72 Å². The first-order chi connectivity index (χ1) is 10.4. The molecule has 1 fully saturated rings. The Morgan fingerprint density at radius 2 is 2.00 bits per heavy atom. The Bertz CT molecular complexity index is 637. The molecule has 1 saturated carbocycles. The summed E-state index contributed by atoms with van der Waals surface area (Å²) in [7, 11) is -3.66. The van der Waals surface area contributed by atoms with Crippen LogP contribution >= 0.6 is 0 Å². The summed E-state index contributed by atoms with van der Waals surface area (Å²) in [4.78, 5) is 11.4. The summed E-state index contributed by atoms with van der Waals surface area (Å²) < 4.78 is 26.6. The summed E-state index contributed by atoms with van der Waals surface area (Å²) in [5.41, 5.74) is 0.472. The van der Waals surface area contributed by atoms with Crippen LogP contribution < -0.4 is 10.0 Å². The first-order valence-corrected chi connectivity index (χ1v) is 9.06. The van der Waals surface area contributed by atoms with Gasteiger partial charge in [0.1, 0.15) is 0 Å². The highest BCUT2D eigenvalue weighted by molar-refractivity contribution is 7.89. The highest BCUT2D eigenvalue weighted by atomic mass is 32.2. The van der Waals surface area contributed by atoms with Crippen LogP contribution in [0, 0.1) is 0 Å². The summed E-state index contributed by atoms with van der Waals surface area (Å²) >= 11 is 0. The lowest BCUT2D eigenvalue weighted by molar-refractivity contribution is 0.0697. The maximum Gasteiger partial charge on any atom is 0.337 e. The van der Waals surface area contributed by atoms with E-state index in [1.165, 1.54) is 12.1 Å². The molecule has 7 heteroatoms. The largest absolute Gasteiger partial charge is 0.478 e. The molecule has 0 bridgehead atoms. The molecule has 0 amide bonds. The van der Waals surface area contributed by atoms with E-state index in [-0.39, 0.29) is 16.5 Å². The molecule has 0 spiro atoms.